The summed E-state index contributed by atoms with van der Waals surface area (Å²) in [5.74, 6) is 1.05. The van der Waals surface area contributed by atoms with Crippen LogP contribution in [0.25, 0.3) is 0 Å². The SMILES string of the molecule is COc1ccc(C)c2c1CCCNC2.Cl. The highest BCUT2D eigenvalue weighted by Gasteiger charge is 2.13. The molecule has 0 saturated heterocycles. The highest BCUT2D eigenvalue weighted by atomic mass is 35.5. The highest BCUT2D eigenvalue weighted by molar-refractivity contribution is 5.85. The fourth-order valence-electron chi connectivity index (χ4n) is 2.10. The Balaban J connectivity index is 0.00000112. The first kappa shape index (κ1) is 12.3. The van der Waals surface area contributed by atoms with E-state index >= 15 is 0 Å². The summed E-state index contributed by atoms with van der Waals surface area (Å²) in [5, 5.41) is 3.44. The molecular formula is C12H18ClNO. The second kappa shape index (κ2) is 5.38. The van der Waals surface area contributed by atoms with Gasteiger partial charge < -0.3 is 10.1 Å². The number of hydrogen-bond donors (Lipinski definition) is 1. The van der Waals surface area contributed by atoms with Gasteiger partial charge in [0.2, 0.25) is 0 Å². The molecule has 0 aromatic heterocycles. The molecule has 0 spiro atoms. The van der Waals surface area contributed by atoms with Crippen molar-refractivity contribution in [3.63, 3.8) is 0 Å². The van der Waals surface area contributed by atoms with Gasteiger partial charge >= 0.3 is 0 Å². The third-order valence-corrected chi connectivity index (χ3v) is 2.92. The van der Waals surface area contributed by atoms with E-state index in [4.69, 9.17) is 4.74 Å². The first-order chi connectivity index (χ1) is 6.83. The molecule has 1 N–H and O–H groups in total. The van der Waals surface area contributed by atoms with Crippen LogP contribution in [-0.2, 0) is 13.0 Å². The van der Waals surface area contributed by atoms with Gasteiger partial charge in [0.05, 0.1) is 7.11 Å². The number of ether oxygens (including phenoxy) is 1. The lowest BCUT2D eigenvalue weighted by Gasteiger charge is -2.13. The normalized spacial score (nSPS) is 14.8. The highest BCUT2D eigenvalue weighted by Crippen LogP contribution is 2.27. The molecule has 2 nitrogen and oxygen atoms in total. The maximum absolute atomic E-state index is 5.40. The lowest BCUT2D eigenvalue weighted by atomic mass is 9.98. The lowest BCUT2D eigenvalue weighted by Crippen LogP contribution is -2.12. The molecule has 1 aromatic rings. The van der Waals surface area contributed by atoms with E-state index in [1.807, 2.05) is 0 Å². The molecule has 15 heavy (non-hydrogen) atoms. The zero-order valence-electron chi connectivity index (χ0n) is 9.30. The minimum atomic E-state index is 0. The van der Waals surface area contributed by atoms with E-state index in [9.17, 15) is 0 Å². The fourth-order valence-corrected chi connectivity index (χ4v) is 2.10. The Hall–Kier alpha value is -0.730. The largest absolute Gasteiger partial charge is 0.496 e. The van der Waals surface area contributed by atoms with Gasteiger partial charge in [0, 0.05) is 6.54 Å². The molecule has 0 saturated carbocycles. The number of benzene rings is 1. The first-order valence-electron chi connectivity index (χ1n) is 5.19. The molecule has 84 valence electrons. The molecule has 2 rings (SSSR count). The van der Waals surface area contributed by atoms with Crippen LogP contribution in [-0.4, -0.2) is 13.7 Å². The third-order valence-electron chi connectivity index (χ3n) is 2.92. The molecule has 0 atom stereocenters. The lowest BCUT2D eigenvalue weighted by molar-refractivity contribution is 0.409. The Morgan fingerprint density at radius 2 is 2.07 bits per heavy atom. The summed E-state index contributed by atoms with van der Waals surface area (Å²) in [6.07, 6.45) is 2.33. The van der Waals surface area contributed by atoms with E-state index in [2.05, 4.69) is 24.4 Å². The Kier molecular flexibility index (Phi) is 4.43. The van der Waals surface area contributed by atoms with Crippen molar-refractivity contribution in [2.75, 3.05) is 13.7 Å². The van der Waals surface area contributed by atoms with Crippen LogP contribution >= 0.6 is 12.4 Å². The number of rotatable bonds is 1. The maximum Gasteiger partial charge on any atom is 0.122 e. The number of methoxy groups -OCH3 is 1. The Morgan fingerprint density at radius 3 is 2.80 bits per heavy atom. The van der Waals surface area contributed by atoms with Crippen molar-refractivity contribution < 1.29 is 4.74 Å². The number of nitrogens with one attached hydrogen (secondary N) is 1. The van der Waals surface area contributed by atoms with Crippen LogP contribution in [0.1, 0.15) is 23.1 Å². The molecule has 1 aliphatic rings. The fraction of sp³-hybridized carbons (Fsp3) is 0.500. The summed E-state index contributed by atoms with van der Waals surface area (Å²) >= 11 is 0. The average Bonchev–Trinajstić information content (AvgIpc) is 2.44. The second-order valence-electron chi connectivity index (χ2n) is 3.82. The van der Waals surface area contributed by atoms with Crippen molar-refractivity contribution in [1.29, 1.82) is 0 Å². The van der Waals surface area contributed by atoms with E-state index in [1.54, 1.807) is 7.11 Å². The Labute approximate surface area is 97.4 Å². The number of fused-ring (bicyclic) bond motifs is 1. The Morgan fingerprint density at radius 1 is 1.27 bits per heavy atom. The average molecular weight is 228 g/mol. The van der Waals surface area contributed by atoms with Gasteiger partial charge in [-0.15, -0.1) is 12.4 Å². The van der Waals surface area contributed by atoms with Crippen LogP contribution in [0.5, 0.6) is 5.75 Å². The van der Waals surface area contributed by atoms with Crippen LogP contribution < -0.4 is 10.1 Å². The second-order valence-corrected chi connectivity index (χ2v) is 3.82. The van der Waals surface area contributed by atoms with Crippen molar-refractivity contribution in [3.8, 4) is 5.75 Å². The first-order valence-corrected chi connectivity index (χ1v) is 5.19. The van der Waals surface area contributed by atoms with Gasteiger partial charge in [0.15, 0.2) is 0 Å². The predicted molar refractivity (Wildman–Crippen MR) is 65.0 cm³/mol. The molecule has 3 heteroatoms. The number of halogens is 1. The summed E-state index contributed by atoms with van der Waals surface area (Å²) in [4.78, 5) is 0. The van der Waals surface area contributed by atoms with Gasteiger partial charge in [-0.25, -0.2) is 0 Å². The van der Waals surface area contributed by atoms with Crippen molar-refractivity contribution in [2.24, 2.45) is 0 Å². The van der Waals surface area contributed by atoms with Crippen molar-refractivity contribution in [2.45, 2.75) is 26.3 Å². The molecule has 0 amide bonds. The minimum absolute atomic E-state index is 0. The van der Waals surface area contributed by atoms with E-state index in [0.29, 0.717) is 0 Å². The van der Waals surface area contributed by atoms with Crippen molar-refractivity contribution in [3.05, 3.63) is 28.8 Å². The van der Waals surface area contributed by atoms with Crippen molar-refractivity contribution >= 4 is 12.4 Å². The molecule has 0 fully saturated rings. The maximum atomic E-state index is 5.40. The molecular weight excluding hydrogens is 210 g/mol. The topological polar surface area (TPSA) is 21.3 Å². The van der Waals surface area contributed by atoms with Crippen LogP contribution in [0.15, 0.2) is 12.1 Å². The monoisotopic (exact) mass is 227 g/mol. The Bertz CT molecular complexity index is 339. The van der Waals surface area contributed by atoms with E-state index in [-0.39, 0.29) is 12.4 Å². The van der Waals surface area contributed by atoms with Crippen LogP contribution in [0, 0.1) is 6.92 Å². The molecule has 0 aliphatic carbocycles. The summed E-state index contributed by atoms with van der Waals surface area (Å²) < 4.78 is 5.40. The smallest absolute Gasteiger partial charge is 0.122 e. The van der Waals surface area contributed by atoms with Gasteiger partial charge in [-0.05, 0) is 49.1 Å². The molecule has 1 heterocycles. The van der Waals surface area contributed by atoms with Crippen molar-refractivity contribution in [1.82, 2.24) is 5.32 Å². The third kappa shape index (κ3) is 2.44. The molecule has 1 aromatic carbocycles. The van der Waals surface area contributed by atoms with Gasteiger partial charge in [-0.3, -0.25) is 0 Å². The zero-order valence-corrected chi connectivity index (χ0v) is 10.1. The van der Waals surface area contributed by atoms with E-state index in [1.165, 1.54) is 23.1 Å². The van der Waals surface area contributed by atoms with Gasteiger partial charge in [0.25, 0.3) is 0 Å². The van der Waals surface area contributed by atoms with Crippen LogP contribution in [0.3, 0.4) is 0 Å². The summed E-state index contributed by atoms with van der Waals surface area (Å²) in [6.45, 7) is 4.26. The minimum Gasteiger partial charge on any atom is -0.496 e. The number of hydrogen-bond acceptors (Lipinski definition) is 2. The van der Waals surface area contributed by atoms with E-state index in [0.717, 1.165) is 25.3 Å². The van der Waals surface area contributed by atoms with Gasteiger partial charge in [-0.1, -0.05) is 6.07 Å². The summed E-state index contributed by atoms with van der Waals surface area (Å²) in [7, 11) is 1.75. The molecule has 0 unspecified atom stereocenters. The van der Waals surface area contributed by atoms with E-state index < -0.39 is 0 Å². The summed E-state index contributed by atoms with van der Waals surface area (Å²) in [6, 6.07) is 4.23. The number of aryl methyl sites for hydroxylation is 1. The van der Waals surface area contributed by atoms with Crippen LogP contribution in [0.2, 0.25) is 0 Å². The molecule has 1 aliphatic heterocycles. The molecule has 0 radical (unpaired) electrons. The zero-order chi connectivity index (χ0) is 9.97. The summed E-state index contributed by atoms with van der Waals surface area (Å²) in [5.41, 5.74) is 4.20. The van der Waals surface area contributed by atoms with Gasteiger partial charge in [-0.2, -0.15) is 0 Å². The molecule has 0 bridgehead atoms. The van der Waals surface area contributed by atoms with Crippen LogP contribution in [0.4, 0.5) is 0 Å². The predicted octanol–water partition coefficient (Wildman–Crippen LogP) is 2.46. The quantitative estimate of drug-likeness (QED) is 0.796. The standard InChI is InChI=1S/C12H17NO.ClH/c1-9-5-6-12(14-2)10-4-3-7-13-8-11(9)10;/h5-6,13H,3-4,7-8H2,1-2H3;1H. The van der Waals surface area contributed by atoms with Gasteiger partial charge in [0.1, 0.15) is 5.75 Å².